The van der Waals surface area contributed by atoms with E-state index in [1.54, 1.807) is 6.20 Å². The Morgan fingerprint density at radius 3 is 2.46 bits per heavy atom. The summed E-state index contributed by atoms with van der Waals surface area (Å²) in [7, 11) is 0. The Bertz CT molecular complexity index is 1270. The van der Waals surface area contributed by atoms with E-state index in [2.05, 4.69) is 22.5 Å². The zero-order valence-corrected chi connectivity index (χ0v) is 21.6. The third-order valence-corrected chi connectivity index (χ3v) is 8.15. The second-order valence-electron chi connectivity index (χ2n) is 10.4. The highest BCUT2D eigenvalue weighted by atomic mass is 35.5. The molecule has 0 spiro atoms. The van der Waals surface area contributed by atoms with E-state index in [1.165, 1.54) is 25.0 Å². The van der Waals surface area contributed by atoms with Crippen LogP contribution in [0.4, 0.5) is 14.7 Å². The molecule has 194 valence electrons. The summed E-state index contributed by atoms with van der Waals surface area (Å²) >= 11 is 6.16. The fourth-order valence-electron chi connectivity index (χ4n) is 5.47. The topological polar surface area (TPSA) is 66.9 Å². The lowest BCUT2D eigenvalue weighted by Crippen LogP contribution is -2.40. The van der Waals surface area contributed by atoms with Crippen molar-refractivity contribution in [2.75, 3.05) is 5.32 Å². The summed E-state index contributed by atoms with van der Waals surface area (Å²) in [4.78, 5) is 22.9. The van der Waals surface area contributed by atoms with E-state index in [-0.39, 0.29) is 12.1 Å². The molecule has 8 heteroatoms. The molecule has 2 aliphatic rings. The number of amides is 1. The molecule has 0 radical (unpaired) electrons. The first-order chi connectivity index (χ1) is 17.8. The molecule has 2 saturated carbocycles. The maximum absolute atomic E-state index is 14.2. The number of nitrogens with one attached hydrogen (secondary N) is 2. The normalized spacial score (nSPS) is 20.6. The number of carbonyl (C=O) groups is 1. The predicted molar refractivity (Wildman–Crippen MR) is 141 cm³/mol. The number of rotatable bonds is 7. The molecule has 2 fully saturated rings. The second-order valence-corrected chi connectivity index (χ2v) is 10.9. The lowest BCUT2D eigenvalue weighted by atomic mass is 9.61. The van der Waals surface area contributed by atoms with Crippen LogP contribution >= 0.6 is 11.6 Å². The Morgan fingerprint density at radius 2 is 1.81 bits per heavy atom. The Labute approximate surface area is 221 Å². The molecule has 3 aromatic rings. The highest BCUT2D eigenvalue weighted by Gasteiger charge is 2.44. The number of hydrogen-bond acceptors (Lipinski definition) is 4. The third kappa shape index (κ3) is 5.47. The quantitative estimate of drug-likeness (QED) is 0.357. The largest absolute Gasteiger partial charge is 0.351 e. The van der Waals surface area contributed by atoms with E-state index in [4.69, 9.17) is 16.6 Å². The Hall–Kier alpha value is -3.06. The number of anilines is 1. The lowest BCUT2D eigenvalue weighted by molar-refractivity contribution is 0.0945. The predicted octanol–water partition coefficient (Wildman–Crippen LogP) is 6.80. The summed E-state index contributed by atoms with van der Waals surface area (Å²) < 4.78 is 27.4. The molecule has 2 aromatic carbocycles. The molecule has 0 atom stereocenters. The zero-order valence-electron chi connectivity index (χ0n) is 20.9. The van der Waals surface area contributed by atoms with Gasteiger partial charge in [-0.25, -0.2) is 18.7 Å². The molecule has 1 aromatic heterocycles. The second kappa shape index (κ2) is 10.7. The molecule has 0 bridgehead atoms. The van der Waals surface area contributed by atoms with Crippen molar-refractivity contribution in [1.82, 2.24) is 15.3 Å². The molecule has 2 aliphatic carbocycles. The van der Waals surface area contributed by atoms with Crippen LogP contribution in [0.25, 0.3) is 0 Å². The lowest BCUT2D eigenvalue weighted by Gasteiger charge is -2.43. The molecule has 37 heavy (non-hydrogen) atoms. The van der Waals surface area contributed by atoms with Crippen LogP contribution in [0.1, 0.15) is 79.0 Å². The van der Waals surface area contributed by atoms with Gasteiger partial charge in [-0.05, 0) is 68.2 Å². The first-order valence-corrected chi connectivity index (χ1v) is 13.3. The summed E-state index contributed by atoms with van der Waals surface area (Å²) in [6.07, 6.45) is 8.73. The zero-order chi connectivity index (χ0) is 26.0. The van der Waals surface area contributed by atoms with E-state index < -0.39 is 23.0 Å². The van der Waals surface area contributed by atoms with Gasteiger partial charge in [-0.2, -0.15) is 0 Å². The fraction of sp³-hybridized carbons (Fsp3) is 0.414. The van der Waals surface area contributed by atoms with Gasteiger partial charge in [-0.3, -0.25) is 4.79 Å². The average Bonchev–Trinajstić information content (AvgIpc) is 2.85. The minimum atomic E-state index is -0.699. The van der Waals surface area contributed by atoms with Gasteiger partial charge in [0.2, 0.25) is 5.95 Å². The summed E-state index contributed by atoms with van der Waals surface area (Å²) in [5.74, 6) is -0.494. The van der Waals surface area contributed by atoms with Gasteiger partial charge in [-0.1, -0.05) is 43.1 Å². The van der Waals surface area contributed by atoms with Gasteiger partial charge in [0.15, 0.2) is 0 Å². The summed E-state index contributed by atoms with van der Waals surface area (Å²) in [6.45, 7) is 2.21. The van der Waals surface area contributed by atoms with Crippen molar-refractivity contribution in [3.8, 4) is 0 Å². The number of nitrogens with zero attached hydrogens (tertiary/aromatic N) is 2. The minimum Gasteiger partial charge on any atom is -0.351 e. The number of carbonyl (C=O) groups excluding carboxylic acids is 1. The fourth-order valence-corrected chi connectivity index (χ4v) is 5.59. The summed E-state index contributed by atoms with van der Waals surface area (Å²) in [5.41, 5.74) is 1.86. The van der Waals surface area contributed by atoms with Crippen molar-refractivity contribution in [3.05, 3.63) is 87.7 Å². The first-order valence-electron chi connectivity index (χ1n) is 13.0. The van der Waals surface area contributed by atoms with Gasteiger partial charge in [0.25, 0.3) is 5.91 Å². The number of halogens is 3. The molecule has 5 nitrogen and oxygen atoms in total. The average molecular weight is 525 g/mol. The standard InChI is InChI=1S/C29H31ClF2N4O/c1-18-3-11-23(12-4-18)35-28-34-17-24(27(37)33-16-19-5-10-22(31)15-25(19)32)26(36-28)29(13-2-14-29)20-6-8-21(30)9-7-20/h5-10,15,17-18,23H,2-4,11-14,16H2,1H3,(H,33,37)(H,34,35,36). The number of hydrogen-bond donors (Lipinski definition) is 2. The van der Waals surface area contributed by atoms with Crippen LogP contribution in [-0.4, -0.2) is 21.9 Å². The van der Waals surface area contributed by atoms with Crippen molar-refractivity contribution < 1.29 is 13.6 Å². The summed E-state index contributed by atoms with van der Waals surface area (Å²) in [5, 5.41) is 6.93. The maximum Gasteiger partial charge on any atom is 0.255 e. The van der Waals surface area contributed by atoms with Crippen molar-refractivity contribution in [3.63, 3.8) is 0 Å². The van der Waals surface area contributed by atoms with Crippen LogP contribution < -0.4 is 10.6 Å². The van der Waals surface area contributed by atoms with Crippen LogP contribution in [0, 0.1) is 17.6 Å². The van der Waals surface area contributed by atoms with Crippen molar-refractivity contribution in [2.24, 2.45) is 5.92 Å². The molecule has 1 amide bonds. The maximum atomic E-state index is 14.2. The van der Waals surface area contributed by atoms with Gasteiger partial charge >= 0.3 is 0 Å². The van der Waals surface area contributed by atoms with Crippen LogP contribution in [0.5, 0.6) is 0 Å². The highest BCUT2D eigenvalue weighted by Crippen LogP contribution is 2.49. The van der Waals surface area contributed by atoms with Crippen LogP contribution in [0.2, 0.25) is 5.02 Å². The Kier molecular flexibility index (Phi) is 7.43. The smallest absolute Gasteiger partial charge is 0.255 e. The van der Waals surface area contributed by atoms with Crippen LogP contribution in [0.3, 0.4) is 0 Å². The van der Waals surface area contributed by atoms with Crippen LogP contribution in [0.15, 0.2) is 48.7 Å². The monoisotopic (exact) mass is 524 g/mol. The van der Waals surface area contributed by atoms with E-state index >= 15 is 0 Å². The SMILES string of the molecule is CC1CCC(Nc2ncc(C(=O)NCc3ccc(F)cc3F)c(C3(c4ccc(Cl)cc4)CCC3)n2)CC1. The van der Waals surface area contributed by atoms with Gasteiger partial charge in [-0.15, -0.1) is 0 Å². The molecule has 0 unspecified atom stereocenters. The van der Waals surface area contributed by atoms with Crippen LogP contribution in [-0.2, 0) is 12.0 Å². The minimum absolute atomic E-state index is 0.0708. The molecule has 0 aliphatic heterocycles. The molecule has 2 N–H and O–H groups in total. The van der Waals surface area contributed by atoms with Crippen molar-refractivity contribution in [1.29, 1.82) is 0 Å². The number of benzene rings is 2. The molecular weight excluding hydrogens is 494 g/mol. The summed E-state index contributed by atoms with van der Waals surface area (Å²) in [6, 6.07) is 11.3. The molecule has 0 saturated heterocycles. The molecule has 5 rings (SSSR count). The van der Waals surface area contributed by atoms with E-state index in [9.17, 15) is 13.6 Å². The Morgan fingerprint density at radius 1 is 1.08 bits per heavy atom. The Balaban J connectivity index is 1.46. The van der Waals surface area contributed by atoms with E-state index in [1.807, 2.05) is 24.3 Å². The van der Waals surface area contributed by atoms with Crippen molar-refractivity contribution >= 4 is 23.5 Å². The van der Waals surface area contributed by atoms with Gasteiger partial charge < -0.3 is 10.6 Å². The first kappa shape index (κ1) is 25.6. The molecular formula is C29H31ClF2N4O. The van der Waals surface area contributed by atoms with Gasteiger partial charge in [0.1, 0.15) is 11.6 Å². The van der Waals surface area contributed by atoms with Crippen molar-refractivity contribution in [2.45, 2.75) is 69.9 Å². The van der Waals surface area contributed by atoms with Gasteiger partial charge in [0.05, 0.1) is 11.3 Å². The number of aromatic nitrogens is 2. The molecule has 1 heterocycles. The highest BCUT2D eigenvalue weighted by molar-refractivity contribution is 6.30. The van der Waals surface area contributed by atoms with E-state index in [0.717, 1.165) is 49.7 Å². The third-order valence-electron chi connectivity index (χ3n) is 7.89. The van der Waals surface area contributed by atoms with Gasteiger partial charge in [0, 0.05) is 40.9 Å². The van der Waals surface area contributed by atoms with E-state index in [0.29, 0.717) is 28.3 Å².